The highest BCUT2D eigenvalue weighted by molar-refractivity contribution is 7.75. The van der Waals surface area contributed by atoms with Gasteiger partial charge in [0.15, 0.2) is 5.96 Å². The quantitative estimate of drug-likeness (QED) is 0.0888. The third-order valence-electron chi connectivity index (χ3n) is 9.86. The molecule has 2 fully saturated rings. The Morgan fingerprint density at radius 1 is 0.822 bits per heavy atom. The molecule has 0 aromatic heterocycles. The summed E-state index contributed by atoms with van der Waals surface area (Å²) in [6.45, 7) is 11.4. The van der Waals surface area contributed by atoms with Gasteiger partial charge in [-0.05, 0) is 75.0 Å². The fraction of sp³-hybridized carbons (Fsp3) is 0.789. The van der Waals surface area contributed by atoms with Gasteiger partial charge in [-0.15, -0.1) is 0 Å². The van der Waals surface area contributed by atoms with Crippen LogP contribution in [0.15, 0.2) is 29.3 Å². The van der Waals surface area contributed by atoms with Crippen LogP contribution in [0.3, 0.4) is 0 Å². The van der Waals surface area contributed by atoms with E-state index in [9.17, 15) is 4.79 Å². The van der Waals surface area contributed by atoms with Gasteiger partial charge in [0.05, 0.1) is 30.7 Å². The molecule has 3 rings (SSSR count). The summed E-state index contributed by atoms with van der Waals surface area (Å²) in [5.41, 5.74) is 2.36. The number of hydrogen-bond acceptors (Lipinski definition) is 2. The van der Waals surface area contributed by atoms with Gasteiger partial charge in [-0.1, -0.05) is 105 Å². The molecular formula is C38H68ClN4OP. The second kappa shape index (κ2) is 22.3. The Kier molecular flexibility index (Phi) is 19.7. The monoisotopic (exact) mass is 662 g/mol. The topological polar surface area (TPSA) is 65.5 Å². The Labute approximate surface area is 284 Å². The lowest BCUT2D eigenvalue weighted by Crippen LogP contribution is -3.00. The lowest BCUT2D eigenvalue weighted by molar-refractivity contribution is -0.118. The summed E-state index contributed by atoms with van der Waals surface area (Å²) in [4.78, 5) is 19.0. The zero-order valence-corrected chi connectivity index (χ0v) is 31.3. The second-order valence-corrected chi connectivity index (χ2v) is 18.8. The van der Waals surface area contributed by atoms with E-state index in [0.717, 1.165) is 30.9 Å². The van der Waals surface area contributed by atoms with Gasteiger partial charge in [0.2, 0.25) is 5.91 Å². The van der Waals surface area contributed by atoms with Crippen LogP contribution in [0.1, 0.15) is 149 Å². The molecule has 0 aliphatic heterocycles. The van der Waals surface area contributed by atoms with Crippen LogP contribution in [0.2, 0.25) is 0 Å². The number of anilines is 1. The predicted octanol–water partition coefficient (Wildman–Crippen LogP) is 7.16. The summed E-state index contributed by atoms with van der Waals surface area (Å²) in [6.07, 6.45) is 26.7. The number of nitrogens with zero attached hydrogens (tertiary/aromatic N) is 1. The lowest BCUT2D eigenvalue weighted by atomic mass is 9.95. The van der Waals surface area contributed by atoms with Gasteiger partial charge in [-0.2, -0.15) is 0 Å². The van der Waals surface area contributed by atoms with Gasteiger partial charge in [0, 0.05) is 19.0 Å². The van der Waals surface area contributed by atoms with E-state index in [1.165, 1.54) is 120 Å². The Balaban J connectivity index is 0.00000705. The minimum atomic E-state index is -1.01. The van der Waals surface area contributed by atoms with Crippen molar-refractivity contribution in [2.45, 2.75) is 168 Å². The van der Waals surface area contributed by atoms with E-state index in [2.05, 4.69) is 74.8 Å². The first-order chi connectivity index (χ1) is 21.4. The molecule has 0 saturated heterocycles. The second-order valence-electron chi connectivity index (χ2n) is 14.5. The Morgan fingerprint density at radius 3 is 1.87 bits per heavy atom. The van der Waals surface area contributed by atoms with Gasteiger partial charge < -0.3 is 28.4 Å². The van der Waals surface area contributed by atoms with Crippen LogP contribution in [0.4, 0.5) is 5.69 Å². The van der Waals surface area contributed by atoms with Gasteiger partial charge in [-0.25, -0.2) is 4.99 Å². The molecule has 0 unspecified atom stereocenters. The third kappa shape index (κ3) is 15.0. The SMILES string of the molecule is CCCC[P+](CCCC)(CCCC)Cc1ccc(NC(=O)[C@H](CC(C)C)NC(=NC2CCCCC2)NC2CCCCC2)cc1.[Cl-]. The Hall–Kier alpha value is -1.32. The van der Waals surface area contributed by atoms with Crippen LogP contribution in [0.5, 0.6) is 0 Å². The number of nitrogens with one attached hydrogen (secondary N) is 3. The third-order valence-corrected chi connectivity index (χ3v) is 14.7. The molecule has 0 bridgehead atoms. The molecule has 0 radical (unpaired) electrons. The Morgan fingerprint density at radius 2 is 1.36 bits per heavy atom. The maximum absolute atomic E-state index is 13.8. The molecule has 2 aliphatic carbocycles. The van der Waals surface area contributed by atoms with Crippen molar-refractivity contribution in [1.29, 1.82) is 0 Å². The van der Waals surface area contributed by atoms with E-state index in [0.29, 0.717) is 18.0 Å². The normalized spacial score (nSPS) is 17.5. The maximum Gasteiger partial charge on any atom is 0.246 e. The van der Waals surface area contributed by atoms with Crippen molar-refractivity contribution in [3.05, 3.63) is 29.8 Å². The van der Waals surface area contributed by atoms with Crippen molar-refractivity contribution in [3.8, 4) is 0 Å². The molecule has 0 heterocycles. The van der Waals surface area contributed by atoms with Gasteiger partial charge in [0.25, 0.3) is 0 Å². The summed E-state index contributed by atoms with van der Waals surface area (Å²) >= 11 is 0. The van der Waals surface area contributed by atoms with E-state index in [1.54, 1.807) is 0 Å². The first kappa shape index (κ1) is 39.9. The molecule has 5 nitrogen and oxygen atoms in total. The van der Waals surface area contributed by atoms with Crippen LogP contribution in [0.25, 0.3) is 0 Å². The number of aliphatic imine (C=N–C) groups is 1. The molecule has 1 aromatic rings. The number of rotatable bonds is 18. The van der Waals surface area contributed by atoms with Crippen LogP contribution >= 0.6 is 7.26 Å². The van der Waals surface area contributed by atoms with Crippen LogP contribution in [0, 0.1) is 5.92 Å². The standard InChI is InChI=1S/C38H67N4OP.ClH/c1-6-9-26-44(27-10-7-2,28-11-8-3)30-32-22-24-35(25-23-32)39-37(43)36(29-31(4)5)42-38(40-33-18-14-12-15-19-33)41-34-20-16-13-17-21-34;/h22-25,31,33-34,36H,6-21,26-30H2,1-5H3,(H2-,39,40,41,42,43);1H/t36-;/m0./s1. The number of hydrogen-bond donors (Lipinski definition) is 3. The predicted molar refractivity (Wildman–Crippen MR) is 196 cm³/mol. The molecular weight excluding hydrogens is 595 g/mol. The number of unbranched alkanes of at least 4 members (excludes halogenated alkanes) is 3. The summed E-state index contributed by atoms with van der Waals surface area (Å²) in [7, 11) is -1.01. The van der Waals surface area contributed by atoms with Crippen molar-refractivity contribution in [2.24, 2.45) is 10.9 Å². The summed E-state index contributed by atoms with van der Waals surface area (Å²) in [5, 5.41) is 10.7. The minimum absolute atomic E-state index is 0. The molecule has 2 saturated carbocycles. The molecule has 1 atom stereocenters. The largest absolute Gasteiger partial charge is 1.00 e. The van der Waals surface area contributed by atoms with Crippen molar-refractivity contribution >= 4 is 24.8 Å². The minimum Gasteiger partial charge on any atom is -1.00 e. The first-order valence-corrected chi connectivity index (χ1v) is 21.2. The van der Waals surface area contributed by atoms with Gasteiger partial charge in [-0.3, -0.25) is 4.79 Å². The summed E-state index contributed by atoms with van der Waals surface area (Å²) < 4.78 is 0. The molecule has 3 N–H and O–H groups in total. The molecule has 1 amide bonds. The summed E-state index contributed by atoms with van der Waals surface area (Å²) in [6, 6.07) is 9.37. The van der Waals surface area contributed by atoms with E-state index < -0.39 is 7.26 Å². The van der Waals surface area contributed by atoms with Gasteiger partial charge in [0.1, 0.15) is 6.04 Å². The molecule has 258 valence electrons. The Bertz CT molecular complexity index is 935. The highest BCUT2D eigenvalue weighted by atomic mass is 35.5. The number of amides is 1. The fourth-order valence-electron chi connectivity index (χ4n) is 7.18. The van der Waals surface area contributed by atoms with Crippen molar-refractivity contribution in [3.63, 3.8) is 0 Å². The van der Waals surface area contributed by atoms with E-state index in [-0.39, 0.29) is 24.4 Å². The fourth-order valence-corrected chi connectivity index (χ4v) is 12.3. The average Bonchev–Trinajstić information content (AvgIpc) is 3.03. The molecule has 7 heteroatoms. The summed E-state index contributed by atoms with van der Waals surface area (Å²) in [5.74, 6) is 1.30. The van der Waals surface area contributed by atoms with E-state index in [4.69, 9.17) is 4.99 Å². The van der Waals surface area contributed by atoms with Gasteiger partial charge >= 0.3 is 0 Å². The van der Waals surface area contributed by atoms with Crippen molar-refractivity contribution in [2.75, 3.05) is 23.8 Å². The molecule has 0 spiro atoms. The number of benzene rings is 1. The van der Waals surface area contributed by atoms with Crippen LogP contribution < -0.4 is 28.4 Å². The average molecular weight is 663 g/mol. The molecule has 45 heavy (non-hydrogen) atoms. The van der Waals surface area contributed by atoms with Crippen LogP contribution in [-0.4, -0.2) is 48.5 Å². The smallest absolute Gasteiger partial charge is 0.246 e. The van der Waals surface area contributed by atoms with Crippen molar-refractivity contribution in [1.82, 2.24) is 10.6 Å². The number of carbonyl (C=O) groups is 1. The molecule has 2 aliphatic rings. The number of guanidine groups is 1. The highest BCUT2D eigenvalue weighted by Crippen LogP contribution is 2.63. The first-order valence-electron chi connectivity index (χ1n) is 18.7. The lowest BCUT2D eigenvalue weighted by Gasteiger charge is -2.29. The van der Waals surface area contributed by atoms with Crippen LogP contribution in [-0.2, 0) is 11.0 Å². The highest BCUT2D eigenvalue weighted by Gasteiger charge is 2.35. The van der Waals surface area contributed by atoms with E-state index in [1.807, 2.05) is 0 Å². The molecule has 1 aromatic carbocycles. The van der Waals surface area contributed by atoms with Crippen molar-refractivity contribution < 1.29 is 17.2 Å². The maximum atomic E-state index is 13.8. The zero-order valence-electron chi connectivity index (χ0n) is 29.6. The zero-order chi connectivity index (χ0) is 31.6. The van der Waals surface area contributed by atoms with E-state index >= 15 is 0 Å². The number of carbonyl (C=O) groups excluding carboxylic acids is 1. The number of halogens is 1.